The lowest BCUT2D eigenvalue weighted by molar-refractivity contribution is -0.115. The molecule has 8 heteroatoms. The standard InChI is InChI=1S/C19H18N4O2S2/c1-10-11(2)26-17-15(10)18(25)23(4)19(22-17)27-12(3)16(24)21-14-8-6-5-7-13(14)9-20/h5-8,12H,1-4H3,(H,21,24). The van der Waals surface area contributed by atoms with Crippen LogP contribution in [-0.2, 0) is 11.8 Å². The van der Waals surface area contributed by atoms with Gasteiger partial charge >= 0.3 is 0 Å². The zero-order chi connectivity index (χ0) is 19.7. The van der Waals surface area contributed by atoms with Gasteiger partial charge < -0.3 is 5.32 Å². The molecule has 1 N–H and O–H groups in total. The number of nitrogens with zero attached hydrogens (tertiary/aromatic N) is 3. The molecule has 0 bridgehead atoms. The Morgan fingerprint density at radius 1 is 1.37 bits per heavy atom. The molecule has 0 saturated heterocycles. The summed E-state index contributed by atoms with van der Waals surface area (Å²) >= 11 is 2.70. The molecule has 27 heavy (non-hydrogen) atoms. The summed E-state index contributed by atoms with van der Waals surface area (Å²) in [5.74, 6) is -0.254. The summed E-state index contributed by atoms with van der Waals surface area (Å²) in [5, 5.41) is 12.6. The number of para-hydroxylation sites is 1. The van der Waals surface area contributed by atoms with Gasteiger partial charge in [0.15, 0.2) is 5.16 Å². The van der Waals surface area contributed by atoms with Gasteiger partial charge in [0.05, 0.1) is 21.9 Å². The molecule has 0 aliphatic carbocycles. The van der Waals surface area contributed by atoms with E-state index >= 15 is 0 Å². The maximum atomic E-state index is 12.7. The average Bonchev–Trinajstić information content (AvgIpc) is 2.93. The number of anilines is 1. The van der Waals surface area contributed by atoms with Gasteiger partial charge in [-0.1, -0.05) is 23.9 Å². The van der Waals surface area contributed by atoms with Crippen molar-refractivity contribution in [3.63, 3.8) is 0 Å². The Balaban J connectivity index is 1.86. The molecule has 1 amide bonds. The smallest absolute Gasteiger partial charge is 0.262 e. The van der Waals surface area contributed by atoms with Crippen LogP contribution in [0.2, 0.25) is 0 Å². The highest BCUT2D eigenvalue weighted by molar-refractivity contribution is 8.00. The molecule has 6 nitrogen and oxygen atoms in total. The summed E-state index contributed by atoms with van der Waals surface area (Å²) in [4.78, 5) is 31.6. The van der Waals surface area contributed by atoms with Crippen molar-refractivity contribution in [1.29, 1.82) is 5.26 Å². The van der Waals surface area contributed by atoms with Crippen molar-refractivity contribution < 1.29 is 4.79 Å². The monoisotopic (exact) mass is 398 g/mol. The van der Waals surface area contributed by atoms with Crippen LogP contribution >= 0.6 is 23.1 Å². The molecule has 2 heterocycles. The summed E-state index contributed by atoms with van der Waals surface area (Å²) in [6.45, 7) is 5.64. The molecule has 0 aliphatic heterocycles. The number of hydrogen-bond acceptors (Lipinski definition) is 6. The lowest BCUT2D eigenvalue weighted by Gasteiger charge is -2.14. The molecule has 0 saturated carbocycles. The second-order valence-corrected chi connectivity index (χ2v) is 8.64. The van der Waals surface area contributed by atoms with Gasteiger partial charge in [0.2, 0.25) is 5.91 Å². The highest BCUT2D eigenvalue weighted by Crippen LogP contribution is 2.29. The second kappa shape index (κ2) is 7.55. The van der Waals surface area contributed by atoms with Gasteiger partial charge in [-0.15, -0.1) is 11.3 Å². The summed E-state index contributed by atoms with van der Waals surface area (Å²) in [6.07, 6.45) is 0. The predicted octanol–water partition coefficient (Wildman–Crippen LogP) is 3.60. The molecule has 0 aliphatic rings. The molecule has 0 spiro atoms. The minimum absolute atomic E-state index is 0.105. The third kappa shape index (κ3) is 3.61. The van der Waals surface area contributed by atoms with E-state index in [1.807, 2.05) is 13.8 Å². The number of carbonyl (C=O) groups is 1. The number of nitrogens with one attached hydrogen (secondary N) is 1. The van der Waals surface area contributed by atoms with Crippen molar-refractivity contribution in [2.45, 2.75) is 31.2 Å². The first-order valence-electron chi connectivity index (χ1n) is 8.26. The number of hydrogen-bond donors (Lipinski definition) is 1. The van der Waals surface area contributed by atoms with Gasteiger partial charge in [-0.3, -0.25) is 14.2 Å². The van der Waals surface area contributed by atoms with Crippen LogP contribution in [0.5, 0.6) is 0 Å². The highest BCUT2D eigenvalue weighted by atomic mass is 32.2. The van der Waals surface area contributed by atoms with E-state index in [-0.39, 0.29) is 11.5 Å². The van der Waals surface area contributed by atoms with E-state index in [1.54, 1.807) is 38.2 Å². The highest BCUT2D eigenvalue weighted by Gasteiger charge is 2.20. The van der Waals surface area contributed by atoms with E-state index < -0.39 is 5.25 Å². The number of amides is 1. The van der Waals surface area contributed by atoms with Crippen LogP contribution < -0.4 is 10.9 Å². The van der Waals surface area contributed by atoms with Crippen molar-refractivity contribution in [1.82, 2.24) is 9.55 Å². The molecular formula is C19H18N4O2S2. The van der Waals surface area contributed by atoms with Crippen molar-refractivity contribution >= 4 is 44.9 Å². The first-order chi connectivity index (χ1) is 12.8. The summed E-state index contributed by atoms with van der Waals surface area (Å²) in [5.41, 5.74) is 1.73. The van der Waals surface area contributed by atoms with Crippen LogP contribution in [0, 0.1) is 25.2 Å². The quantitative estimate of drug-likeness (QED) is 0.536. The minimum Gasteiger partial charge on any atom is -0.324 e. The van der Waals surface area contributed by atoms with Gasteiger partial charge in [-0.05, 0) is 38.5 Å². The fourth-order valence-electron chi connectivity index (χ4n) is 2.60. The molecule has 1 unspecified atom stereocenters. The number of thioether (sulfide) groups is 1. The maximum Gasteiger partial charge on any atom is 0.262 e. The van der Waals surface area contributed by atoms with Crippen LogP contribution in [0.15, 0.2) is 34.2 Å². The van der Waals surface area contributed by atoms with Crippen molar-refractivity contribution in [3.8, 4) is 6.07 Å². The SMILES string of the molecule is Cc1sc2nc(SC(C)C(=O)Nc3ccccc3C#N)n(C)c(=O)c2c1C. The second-order valence-electron chi connectivity index (χ2n) is 6.13. The lowest BCUT2D eigenvalue weighted by Crippen LogP contribution is -2.25. The fourth-order valence-corrected chi connectivity index (χ4v) is 4.54. The zero-order valence-corrected chi connectivity index (χ0v) is 17.0. The topological polar surface area (TPSA) is 87.8 Å². The fraction of sp³-hybridized carbons (Fsp3) is 0.263. The number of benzene rings is 1. The first kappa shape index (κ1) is 19.1. The largest absolute Gasteiger partial charge is 0.324 e. The molecule has 1 atom stereocenters. The summed E-state index contributed by atoms with van der Waals surface area (Å²) in [6, 6.07) is 8.89. The first-order valence-corrected chi connectivity index (χ1v) is 9.96. The Morgan fingerprint density at radius 2 is 2.07 bits per heavy atom. The van der Waals surface area contributed by atoms with E-state index in [2.05, 4.69) is 16.4 Å². The molecular weight excluding hydrogens is 380 g/mol. The van der Waals surface area contributed by atoms with Crippen LogP contribution in [0.1, 0.15) is 22.9 Å². The number of rotatable bonds is 4. The van der Waals surface area contributed by atoms with Gasteiger partial charge in [-0.25, -0.2) is 4.98 Å². The molecule has 3 rings (SSSR count). The van der Waals surface area contributed by atoms with Gasteiger partial charge in [0, 0.05) is 11.9 Å². The van der Waals surface area contributed by atoms with Gasteiger partial charge in [0.1, 0.15) is 10.9 Å². The Kier molecular flexibility index (Phi) is 5.35. The molecule has 138 valence electrons. The minimum atomic E-state index is -0.491. The van der Waals surface area contributed by atoms with E-state index in [9.17, 15) is 9.59 Å². The maximum absolute atomic E-state index is 12.7. The van der Waals surface area contributed by atoms with Crippen molar-refractivity contribution in [3.05, 3.63) is 50.6 Å². The molecule has 2 aromatic heterocycles. The Bertz CT molecular complexity index is 1140. The van der Waals surface area contributed by atoms with Crippen LogP contribution in [0.3, 0.4) is 0 Å². The number of aryl methyl sites for hydroxylation is 2. The van der Waals surface area contributed by atoms with Crippen molar-refractivity contribution in [2.75, 3.05) is 5.32 Å². The number of thiophene rings is 1. The molecule has 0 fully saturated rings. The summed E-state index contributed by atoms with van der Waals surface area (Å²) < 4.78 is 1.49. The summed E-state index contributed by atoms with van der Waals surface area (Å²) in [7, 11) is 1.67. The third-order valence-corrected chi connectivity index (χ3v) is 6.57. The van der Waals surface area contributed by atoms with E-state index in [0.29, 0.717) is 26.6 Å². The van der Waals surface area contributed by atoms with E-state index in [0.717, 1.165) is 10.4 Å². The number of fused-ring (bicyclic) bond motifs is 1. The molecule has 1 aromatic carbocycles. The third-order valence-electron chi connectivity index (χ3n) is 4.33. The Labute approximate surface area is 164 Å². The zero-order valence-electron chi connectivity index (χ0n) is 15.4. The number of carbonyl (C=O) groups excluding carboxylic acids is 1. The Morgan fingerprint density at radius 3 is 2.78 bits per heavy atom. The van der Waals surface area contributed by atoms with Crippen LogP contribution in [0.4, 0.5) is 5.69 Å². The molecule has 3 aromatic rings. The van der Waals surface area contributed by atoms with Crippen LogP contribution in [0.25, 0.3) is 10.2 Å². The van der Waals surface area contributed by atoms with Gasteiger partial charge in [0.25, 0.3) is 5.56 Å². The molecule has 0 radical (unpaired) electrons. The van der Waals surface area contributed by atoms with Crippen molar-refractivity contribution in [2.24, 2.45) is 7.05 Å². The lowest BCUT2D eigenvalue weighted by atomic mass is 10.2. The van der Waals surface area contributed by atoms with E-state index in [4.69, 9.17) is 5.26 Å². The average molecular weight is 399 g/mol. The van der Waals surface area contributed by atoms with E-state index in [1.165, 1.54) is 27.7 Å². The van der Waals surface area contributed by atoms with Gasteiger partial charge in [-0.2, -0.15) is 5.26 Å². The number of aromatic nitrogens is 2. The van der Waals surface area contributed by atoms with Crippen LogP contribution in [-0.4, -0.2) is 20.7 Å². The predicted molar refractivity (Wildman–Crippen MR) is 109 cm³/mol. The number of nitriles is 1. The normalized spacial score (nSPS) is 12.0. The Hall–Kier alpha value is -2.63.